The first-order valence-corrected chi connectivity index (χ1v) is 5.68. The summed E-state index contributed by atoms with van der Waals surface area (Å²) in [5.41, 5.74) is 6.95. The van der Waals surface area contributed by atoms with Crippen molar-refractivity contribution in [1.29, 1.82) is 0 Å². The van der Waals surface area contributed by atoms with Crippen molar-refractivity contribution in [3.05, 3.63) is 29.8 Å². The fourth-order valence-electron chi connectivity index (χ4n) is 1.86. The van der Waals surface area contributed by atoms with Crippen LogP contribution in [-0.4, -0.2) is 22.7 Å². The summed E-state index contributed by atoms with van der Waals surface area (Å²) < 4.78 is 20.5. The van der Waals surface area contributed by atoms with E-state index in [0.29, 0.717) is 19.8 Å². The minimum atomic E-state index is -0.249. The molecule has 0 aliphatic rings. The smallest absolute Gasteiger partial charge is 0.135 e. The van der Waals surface area contributed by atoms with Crippen LogP contribution in [0.15, 0.2) is 18.2 Å². The fourth-order valence-corrected chi connectivity index (χ4v) is 1.86. The number of fused-ring (bicyclic) bond motifs is 1. The molecule has 0 amide bonds. The third-order valence-corrected chi connectivity index (χ3v) is 2.60. The molecular weight excluding hydrogens is 221 g/mol. The molecule has 0 unspecified atom stereocenters. The van der Waals surface area contributed by atoms with Gasteiger partial charge in [0.25, 0.3) is 0 Å². The SMILES string of the molecule is CCn1c(COCCN)nc2ccc(F)cc21. The maximum absolute atomic E-state index is 13.2. The van der Waals surface area contributed by atoms with Gasteiger partial charge in [-0.15, -0.1) is 0 Å². The third kappa shape index (κ3) is 2.45. The van der Waals surface area contributed by atoms with Gasteiger partial charge in [-0.3, -0.25) is 0 Å². The molecule has 0 radical (unpaired) electrons. The van der Waals surface area contributed by atoms with Crippen molar-refractivity contribution in [3.63, 3.8) is 0 Å². The number of halogens is 1. The maximum Gasteiger partial charge on any atom is 0.135 e. The Balaban J connectivity index is 2.35. The molecule has 1 aromatic carbocycles. The van der Waals surface area contributed by atoms with Crippen molar-refractivity contribution in [3.8, 4) is 0 Å². The lowest BCUT2D eigenvalue weighted by Gasteiger charge is -2.06. The minimum absolute atomic E-state index is 0.249. The van der Waals surface area contributed by atoms with Crippen LogP contribution in [0.5, 0.6) is 0 Å². The maximum atomic E-state index is 13.2. The van der Waals surface area contributed by atoms with Gasteiger partial charge in [-0.25, -0.2) is 9.37 Å². The largest absolute Gasteiger partial charge is 0.372 e. The Morgan fingerprint density at radius 2 is 2.29 bits per heavy atom. The van der Waals surface area contributed by atoms with Crippen LogP contribution in [0.2, 0.25) is 0 Å². The number of ether oxygens (including phenoxy) is 1. The lowest BCUT2D eigenvalue weighted by Crippen LogP contribution is -2.10. The lowest BCUT2D eigenvalue weighted by atomic mass is 10.3. The molecule has 0 saturated carbocycles. The van der Waals surface area contributed by atoms with E-state index >= 15 is 0 Å². The molecule has 4 nitrogen and oxygen atoms in total. The predicted octanol–water partition coefficient (Wildman–Crippen LogP) is 1.67. The van der Waals surface area contributed by atoms with Gasteiger partial charge in [0.2, 0.25) is 0 Å². The molecule has 92 valence electrons. The highest BCUT2D eigenvalue weighted by Crippen LogP contribution is 2.18. The van der Waals surface area contributed by atoms with Crippen LogP contribution in [-0.2, 0) is 17.9 Å². The van der Waals surface area contributed by atoms with Crippen LogP contribution in [0.1, 0.15) is 12.7 Å². The number of rotatable bonds is 5. The van der Waals surface area contributed by atoms with E-state index in [4.69, 9.17) is 10.5 Å². The number of hydrogen-bond acceptors (Lipinski definition) is 3. The van der Waals surface area contributed by atoms with E-state index in [1.54, 1.807) is 6.07 Å². The monoisotopic (exact) mass is 237 g/mol. The Labute approximate surface area is 99.2 Å². The molecule has 0 fully saturated rings. The number of hydrogen-bond donors (Lipinski definition) is 1. The van der Waals surface area contributed by atoms with Crippen LogP contribution in [0.25, 0.3) is 11.0 Å². The first kappa shape index (κ1) is 12.0. The summed E-state index contributed by atoms with van der Waals surface area (Å²) in [7, 11) is 0. The molecule has 0 bridgehead atoms. The summed E-state index contributed by atoms with van der Waals surface area (Å²) >= 11 is 0. The second-order valence-corrected chi connectivity index (χ2v) is 3.75. The van der Waals surface area contributed by atoms with E-state index in [2.05, 4.69) is 4.98 Å². The molecule has 1 aromatic heterocycles. The standard InChI is InChI=1S/C12H16FN3O/c1-2-16-11-7-9(13)3-4-10(11)15-12(16)8-17-6-5-14/h3-4,7H,2,5-6,8,14H2,1H3. The lowest BCUT2D eigenvalue weighted by molar-refractivity contribution is 0.120. The Bertz CT molecular complexity index is 510. The number of nitrogens with zero attached hydrogens (tertiary/aromatic N) is 2. The molecule has 2 N–H and O–H groups in total. The summed E-state index contributed by atoms with van der Waals surface area (Å²) in [5.74, 6) is 0.558. The Kier molecular flexibility index (Phi) is 3.71. The summed E-state index contributed by atoms with van der Waals surface area (Å²) in [6, 6.07) is 4.60. The number of benzene rings is 1. The zero-order chi connectivity index (χ0) is 12.3. The molecule has 1 heterocycles. The van der Waals surface area contributed by atoms with Crippen LogP contribution in [0, 0.1) is 5.82 Å². The van der Waals surface area contributed by atoms with E-state index in [1.807, 2.05) is 11.5 Å². The van der Waals surface area contributed by atoms with Crippen molar-refractivity contribution in [2.24, 2.45) is 5.73 Å². The van der Waals surface area contributed by atoms with E-state index in [9.17, 15) is 4.39 Å². The first-order valence-electron chi connectivity index (χ1n) is 5.68. The number of nitrogens with two attached hydrogens (primary N) is 1. The van der Waals surface area contributed by atoms with E-state index in [1.165, 1.54) is 12.1 Å². The average Bonchev–Trinajstić information content (AvgIpc) is 2.66. The first-order chi connectivity index (χ1) is 8.26. The highest BCUT2D eigenvalue weighted by atomic mass is 19.1. The van der Waals surface area contributed by atoms with Gasteiger partial charge in [0.1, 0.15) is 18.2 Å². The highest BCUT2D eigenvalue weighted by Gasteiger charge is 2.09. The van der Waals surface area contributed by atoms with Crippen LogP contribution in [0.3, 0.4) is 0 Å². The van der Waals surface area contributed by atoms with Gasteiger partial charge in [-0.2, -0.15) is 0 Å². The van der Waals surface area contributed by atoms with Crippen molar-refractivity contribution < 1.29 is 9.13 Å². The average molecular weight is 237 g/mol. The zero-order valence-corrected chi connectivity index (χ0v) is 9.82. The van der Waals surface area contributed by atoms with Crippen molar-refractivity contribution in [2.75, 3.05) is 13.2 Å². The van der Waals surface area contributed by atoms with Crippen LogP contribution < -0.4 is 5.73 Å². The normalized spacial score (nSPS) is 11.2. The van der Waals surface area contributed by atoms with Crippen molar-refractivity contribution in [1.82, 2.24) is 9.55 Å². The molecule has 2 rings (SSSR count). The van der Waals surface area contributed by atoms with Crippen LogP contribution in [0.4, 0.5) is 4.39 Å². The van der Waals surface area contributed by atoms with Crippen molar-refractivity contribution >= 4 is 11.0 Å². The number of aromatic nitrogens is 2. The second-order valence-electron chi connectivity index (χ2n) is 3.75. The molecule has 0 atom stereocenters. The van der Waals surface area contributed by atoms with Gasteiger partial charge in [0.05, 0.1) is 17.6 Å². The van der Waals surface area contributed by atoms with E-state index < -0.39 is 0 Å². The van der Waals surface area contributed by atoms with Gasteiger partial charge < -0.3 is 15.0 Å². The highest BCUT2D eigenvalue weighted by molar-refractivity contribution is 5.76. The van der Waals surface area contributed by atoms with Gasteiger partial charge in [0, 0.05) is 13.1 Å². The molecule has 2 aromatic rings. The minimum Gasteiger partial charge on any atom is -0.372 e. The summed E-state index contributed by atoms with van der Waals surface area (Å²) in [6.07, 6.45) is 0. The summed E-state index contributed by atoms with van der Waals surface area (Å²) in [6.45, 7) is 4.13. The van der Waals surface area contributed by atoms with Crippen LogP contribution >= 0.6 is 0 Å². The van der Waals surface area contributed by atoms with Crippen molar-refractivity contribution in [2.45, 2.75) is 20.1 Å². The zero-order valence-electron chi connectivity index (χ0n) is 9.82. The fraction of sp³-hybridized carbons (Fsp3) is 0.417. The number of imidazole rings is 1. The topological polar surface area (TPSA) is 53.1 Å². The van der Waals surface area contributed by atoms with Gasteiger partial charge >= 0.3 is 0 Å². The Morgan fingerprint density at radius 3 is 3.00 bits per heavy atom. The molecule has 0 saturated heterocycles. The second kappa shape index (κ2) is 5.25. The molecule has 17 heavy (non-hydrogen) atoms. The molecule has 5 heteroatoms. The van der Waals surface area contributed by atoms with E-state index in [0.717, 1.165) is 23.4 Å². The van der Waals surface area contributed by atoms with Gasteiger partial charge in [0.15, 0.2) is 0 Å². The van der Waals surface area contributed by atoms with E-state index in [-0.39, 0.29) is 5.82 Å². The molecule has 0 aliphatic heterocycles. The summed E-state index contributed by atoms with van der Waals surface area (Å²) in [5, 5.41) is 0. The van der Waals surface area contributed by atoms with Gasteiger partial charge in [-0.1, -0.05) is 0 Å². The number of aryl methyl sites for hydroxylation is 1. The predicted molar refractivity (Wildman–Crippen MR) is 64.1 cm³/mol. The molecule has 0 aliphatic carbocycles. The summed E-state index contributed by atoms with van der Waals surface area (Å²) in [4.78, 5) is 4.43. The van der Waals surface area contributed by atoms with Gasteiger partial charge in [-0.05, 0) is 25.1 Å². The quantitative estimate of drug-likeness (QED) is 0.805. The molecule has 0 spiro atoms. The Hall–Kier alpha value is -1.46. The third-order valence-electron chi connectivity index (χ3n) is 2.60. The molecular formula is C12H16FN3O. The Morgan fingerprint density at radius 1 is 1.47 bits per heavy atom.